The van der Waals surface area contributed by atoms with E-state index < -0.39 is 0 Å². The lowest BCUT2D eigenvalue weighted by Crippen LogP contribution is -2.31. The fourth-order valence-electron chi connectivity index (χ4n) is 2.42. The molecule has 0 saturated carbocycles. The molecular formula is C17H22FN3. The summed E-state index contributed by atoms with van der Waals surface area (Å²) in [6.07, 6.45) is 0. The summed E-state index contributed by atoms with van der Waals surface area (Å²) >= 11 is 0. The molecule has 1 unspecified atom stereocenters. The van der Waals surface area contributed by atoms with Crippen LogP contribution >= 0.6 is 0 Å². The van der Waals surface area contributed by atoms with Crippen molar-refractivity contribution in [3.8, 4) is 0 Å². The van der Waals surface area contributed by atoms with E-state index in [4.69, 9.17) is 5.73 Å². The molecule has 0 aliphatic heterocycles. The van der Waals surface area contributed by atoms with Crippen molar-refractivity contribution in [1.82, 2.24) is 0 Å². The number of nitrogens with zero attached hydrogens (tertiary/aromatic N) is 2. The number of rotatable bonds is 5. The molecule has 0 heterocycles. The molecule has 2 aromatic carbocycles. The summed E-state index contributed by atoms with van der Waals surface area (Å²) in [7, 11) is 5.87. The van der Waals surface area contributed by atoms with Crippen LogP contribution in [0.15, 0.2) is 48.5 Å². The van der Waals surface area contributed by atoms with Crippen molar-refractivity contribution in [3.63, 3.8) is 0 Å². The number of nitrogens with two attached hydrogens (primary N) is 1. The van der Waals surface area contributed by atoms with Gasteiger partial charge in [0, 0.05) is 33.4 Å². The lowest BCUT2D eigenvalue weighted by molar-refractivity contribution is 0.603. The van der Waals surface area contributed by atoms with Gasteiger partial charge in [-0.2, -0.15) is 0 Å². The molecule has 3 nitrogen and oxygen atoms in total. The first-order valence-electron chi connectivity index (χ1n) is 6.99. The van der Waals surface area contributed by atoms with Crippen molar-refractivity contribution in [2.24, 2.45) is 5.73 Å². The molecule has 2 N–H and O–H groups in total. The average Bonchev–Trinajstić information content (AvgIpc) is 2.49. The maximum absolute atomic E-state index is 13.9. The van der Waals surface area contributed by atoms with Crippen LogP contribution < -0.4 is 15.5 Å². The van der Waals surface area contributed by atoms with Gasteiger partial charge >= 0.3 is 0 Å². The van der Waals surface area contributed by atoms with Gasteiger partial charge in [-0.1, -0.05) is 24.3 Å². The third kappa shape index (κ3) is 3.34. The second-order valence-corrected chi connectivity index (χ2v) is 5.30. The second kappa shape index (κ2) is 6.59. The molecule has 112 valence electrons. The number of hydrogen-bond acceptors (Lipinski definition) is 3. The molecule has 0 radical (unpaired) electrons. The summed E-state index contributed by atoms with van der Waals surface area (Å²) in [6, 6.07) is 14.9. The SMILES string of the molecule is CN(C)c1ccc(C(CN)N(C)c2ccccc2F)cc1. The number of halogens is 1. The summed E-state index contributed by atoms with van der Waals surface area (Å²) in [5.41, 5.74) is 8.68. The van der Waals surface area contributed by atoms with E-state index in [1.165, 1.54) is 6.07 Å². The van der Waals surface area contributed by atoms with E-state index in [9.17, 15) is 4.39 Å². The molecule has 2 rings (SSSR count). The first-order chi connectivity index (χ1) is 10.0. The number of benzene rings is 2. The normalized spacial score (nSPS) is 12.0. The summed E-state index contributed by atoms with van der Waals surface area (Å²) in [4.78, 5) is 3.93. The Labute approximate surface area is 125 Å². The predicted molar refractivity (Wildman–Crippen MR) is 87.4 cm³/mol. The summed E-state index contributed by atoms with van der Waals surface area (Å²) < 4.78 is 13.9. The third-order valence-electron chi connectivity index (χ3n) is 3.72. The van der Waals surface area contributed by atoms with Crippen molar-refractivity contribution in [3.05, 3.63) is 59.9 Å². The Hall–Kier alpha value is -2.07. The van der Waals surface area contributed by atoms with Crippen LogP contribution in [0.3, 0.4) is 0 Å². The highest BCUT2D eigenvalue weighted by Crippen LogP contribution is 2.28. The molecule has 0 spiro atoms. The van der Waals surface area contributed by atoms with Gasteiger partial charge in [0.05, 0.1) is 11.7 Å². The van der Waals surface area contributed by atoms with Crippen molar-refractivity contribution < 1.29 is 4.39 Å². The van der Waals surface area contributed by atoms with Crippen LogP contribution in [0.2, 0.25) is 0 Å². The largest absolute Gasteiger partial charge is 0.378 e. The van der Waals surface area contributed by atoms with Gasteiger partial charge in [-0.15, -0.1) is 0 Å². The Morgan fingerprint density at radius 2 is 1.62 bits per heavy atom. The van der Waals surface area contributed by atoms with Gasteiger partial charge in [-0.05, 0) is 29.8 Å². The van der Waals surface area contributed by atoms with Crippen LogP contribution in [0.1, 0.15) is 11.6 Å². The predicted octanol–water partition coefficient (Wildman–Crippen LogP) is 3.03. The lowest BCUT2D eigenvalue weighted by Gasteiger charge is -2.30. The summed E-state index contributed by atoms with van der Waals surface area (Å²) in [6.45, 7) is 0.423. The van der Waals surface area contributed by atoms with E-state index in [0.29, 0.717) is 12.2 Å². The molecule has 21 heavy (non-hydrogen) atoms. The molecule has 0 amide bonds. The van der Waals surface area contributed by atoms with Crippen LogP contribution in [0.25, 0.3) is 0 Å². The number of hydrogen-bond donors (Lipinski definition) is 1. The second-order valence-electron chi connectivity index (χ2n) is 5.30. The van der Waals surface area contributed by atoms with Crippen molar-refractivity contribution in [2.75, 3.05) is 37.5 Å². The molecule has 1 atom stereocenters. The zero-order valence-corrected chi connectivity index (χ0v) is 12.8. The zero-order valence-electron chi connectivity index (χ0n) is 12.8. The van der Waals surface area contributed by atoms with Gasteiger partial charge in [-0.3, -0.25) is 0 Å². The maximum atomic E-state index is 13.9. The van der Waals surface area contributed by atoms with Gasteiger partial charge in [0.25, 0.3) is 0 Å². The Morgan fingerprint density at radius 3 is 2.14 bits per heavy atom. The minimum atomic E-state index is -0.233. The Morgan fingerprint density at radius 1 is 1.00 bits per heavy atom. The highest BCUT2D eigenvalue weighted by molar-refractivity contribution is 5.51. The maximum Gasteiger partial charge on any atom is 0.146 e. The Kier molecular flexibility index (Phi) is 4.81. The van der Waals surface area contributed by atoms with Crippen LogP contribution in [0.5, 0.6) is 0 Å². The van der Waals surface area contributed by atoms with E-state index in [1.807, 2.05) is 61.3 Å². The van der Waals surface area contributed by atoms with Gasteiger partial charge < -0.3 is 15.5 Å². The van der Waals surface area contributed by atoms with Gasteiger partial charge in [0.15, 0.2) is 0 Å². The van der Waals surface area contributed by atoms with E-state index in [2.05, 4.69) is 0 Å². The minimum absolute atomic E-state index is 0.0573. The molecule has 0 aliphatic carbocycles. The first-order valence-corrected chi connectivity index (χ1v) is 6.99. The third-order valence-corrected chi connectivity index (χ3v) is 3.72. The topological polar surface area (TPSA) is 32.5 Å². The van der Waals surface area contributed by atoms with E-state index >= 15 is 0 Å². The van der Waals surface area contributed by atoms with Crippen LogP contribution in [-0.4, -0.2) is 27.7 Å². The molecular weight excluding hydrogens is 265 g/mol. The standard InChI is InChI=1S/C17H22FN3/c1-20(2)14-10-8-13(9-11-14)17(12-19)21(3)16-7-5-4-6-15(16)18/h4-11,17H,12,19H2,1-3H3. The first kappa shape index (κ1) is 15.3. The van der Waals surface area contributed by atoms with Gasteiger partial charge in [0.1, 0.15) is 5.82 Å². The van der Waals surface area contributed by atoms with E-state index in [0.717, 1.165) is 11.3 Å². The molecule has 0 aromatic heterocycles. The lowest BCUT2D eigenvalue weighted by atomic mass is 10.0. The highest BCUT2D eigenvalue weighted by atomic mass is 19.1. The van der Waals surface area contributed by atoms with Crippen molar-refractivity contribution in [1.29, 1.82) is 0 Å². The van der Waals surface area contributed by atoms with Crippen LogP contribution in [0, 0.1) is 5.82 Å². The van der Waals surface area contributed by atoms with Crippen LogP contribution in [0.4, 0.5) is 15.8 Å². The molecule has 0 fully saturated rings. The average molecular weight is 287 g/mol. The van der Waals surface area contributed by atoms with E-state index in [-0.39, 0.29) is 11.9 Å². The Bertz CT molecular complexity index is 581. The fourth-order valence-corrected chi connectivity index (χ4v) is 2.42. The minimum Gasteiger partial charge on any atom is -0.378 e. The van der Waals surface area contributed by atoms with Crippen molar-refractivity contribution >= 4 is 11.4 Å². The zero-order chi connectivity index (χ0) is 15.4. The van der Waals surface area contributed by atoms with Gasteiger partial charge in [0.2, 0.25) is 0 Å². The molecule has 4 heteroatoms. The Balaban J connectivity index is 2.29. The molecule has 0 bridgehead atoms. The number of anilines is 2. The highest BCUT2D eigenvalue weighted by Gasteiger charge is 2.18. The number of likely N-dealkylation sites (N-methyl/N-ethyl adjacent to an activating group) is 1. The fraction of sp³-hybridized carbons (Fsp3) is 0.294. The van der Waals surface area contributed by atoms with Crippen LogP contribution in [-0.2, 0) is 0 Å². The quantitative estimate of drug-likeness (QED) is 0.917. The molecule has 0 aliphatic rings. The van der Waals surface area contributed by atoms with Crippen molar-refractivity contribution in [2.45, 2.75) is 6.04 Å². The molecule has 2 aromatic rings. The smallest absolute Gasteiger partial charge is 0.146 e. The summed E-state index contributed by atoms with van der Waals surface area (Å²) in [5.74, 6) is -0.233. The monoisotopic (exact) mass is 287 g/mol. The van der Waals surface area contributed by atoms with Gasteiger partial charge in [-0.25, -0.2) is 4.39 Å². The number of para-hydroxylation sites is 1. The van der Waals surface area contributed by atoms with E-state index in [1.54, 1.807) is 12.1 Å². The molecule has 0 saturated heterocycles. The summed E-state index contributed by atoms with van der Waals surface area (Å²) in [5, 5.41) is 0.